The summed E-state index contributed by atoms with van der Waals surface area (Å²) in [6, 6.07) is 82.4. The lowest BCUT2D eigenvalue weighted by Gasteiger charge is -2.30. The highest BCUT2D eigenvalue weighted by atomic mass is 16.3. The van der Waals surface area contributed by atoms with Crippen LogP contribution in [0.4, 0.5) is 17.1 Å². The summed E-state index contributed by atoms with van der Waals surface area (Å²) in [7, 11) is 0. The molecular weight excluding hydrogens is 823 g/mol. The number of hydrogen-bond acceptors (Lipinski definition) is 2. The standard InChI is InChI=1S/C66H49NO/c1-65(2)57-27-15-23-50(43-19-10-6-11-20-43)62(57)54-36-34-48(40-59(54)65)67(49-35-37-55-60(41-49)66(3,4)58-28-16-24-51(63(55)58)44-21-12-7-13-22-44)47-32-29-45(30-33-47)52-25-14-26-53-56-39-46(42-17-8-5-9-18-42)31-38-61(56)68-64(52)53/h5-41H,1-4H3. The first-order chi connectivity index (χ1) is 33.2. The fourth-order valence-corrected chi connectivity index (χ4v) is 11.6. The summed E-state index contributed by atoms with van der Waals surface area (Å²) in [5, 5.41) is 2.25. The molecule has 2 nitrogen and oxygen atoms in total. The third kappa shape index (κ3) is 6.10. The quantitative estimate of drug-likeness (QED) is 0.159. The van der Waals surface area contributed by atoms with Crippen LogP contribution in [-0.4, -0.2) is 0 Å². The normalized spacial score (nSPS) is 13.8. The van der Waals surface area contributed by atoms with Crippen LogP contribution < -0.4 is 4.90 Å². The van der Waals surface area contributed by atoms with Crippen molar-refractivity contribution in [1.82, 2.24) is 0 Å². The lowest BCUT2D eigenvalue weighted by Crippen LogP contribution is -2.18. The van der Waals surface area contributed by atoms with E-state index in [0.29, 0.717) is 0 Å². The van der Waals surface area contributed by atoms with E-state index < -0.39 is 0 Å². The third-order valence-corrected chi connectivity index (χ3v) is 15.1. The van der Waals surface area contributed by atoms with Gasteiger partial charge >= 0.3 is 0 Å². The molecule has 0 radical (unpaired) electrons. The molecule has 0 bridgehead atoms. The Morgan fingerprint density at radius 3 is 1.31 bits per heavy atom. The van der Waals surface area contributed by atoms with Crippen LogP contribution in [-0.2, 0) is 10.8 Å². The SMILES string of the molecule is CC1(C)c2cc(N(c3ccc(-c4cccc5c4oc4ccc(-c6ccccc6)cc45)cc3)c3ccc4c(c3)C(C)(C)c3cccc(-c5ccccc5)c3-4)ccc2-c2c(-c3ccccc3)cccc21. The highest BCUT2D eigenvalue weighted by Gasteiger charge is 2.39. The zero-order chi connectivity index (χ0) is 45.7. The minimum atomic E-state index is -0.205. The van der Waals surface area contributed by atoms with Crippen LogP contribution in [0.5, 0.6) is 0 Å². The van der Waals surface area contributed by atoms with Crippen molar-refractivity contribution in [2.75, 3.05) is 4.90 Å². The second kappa shape index (κ2) is 15.2. The van der Waals surface area contributed by atoms with Gasteiger partial charge in [-0.05, 0) is 132 Å². The lowest BCUT2D eigenvalue weighted by molar-refractivity contribution is 0.660. The van der Waals surface area contributed by atoms with Crippen molar-refractivity contribution in [2.45, 2.75) is 38.5 Å². The molecule has 0 N–H and O–H groups in total. The lowest BCUT2D eigenvalue weighted by atomic mass is 9.81. The molecule has 1 heterocycles. The first kappa shape index (κ1) is 40.1. The van der Waals surface area contributed by atoms with Gasteiger partial charge in [0.25, 0.3) is 0 Å². The van der Waals surface area contributed by atoms with Crippen LogP contribution in [0.2, 0.25) is 0 Å². The molecule has 68 heavy (non-hydrogen) atoms. The number of fused-ring (bicyclic) bond motifs is 9. The molecule has 11 aromatic rings. The minimum Gasteiger partial charge on any atom is -0.455 e. The van der Waals surface area contributed by atoms with Crippen molar-refractivity contribution >= 4 is 39.0 Å². The van der Waals surface area contributed by atoms with Crippen molar-refractivity contribution in [1.29, 1.82) is 0 Å². The fourth-order valence-electron chi connectivity index (χ4n) is 11.6. The van der Waals surface area contributed by atoms with Crippen molar-refractivity contribution in [2.24, 2.45) is 0 Å². The van der Waals surface area contributed by atoms with Crippen LogP contribution in [0.15, 0.2) is 229 Å². The van der Waals surface area contributed by atoms with Gasteiger partial charge in [0.15, 0.2) is 0 Å². The van der Waals surface area contributed by atoms with Crippen LogP contribution >= 0.6 is 0 Å². The van der Waals surface area contributed by atoms with Crippen LogP contribution in [0.25, 0.3) is 88.7 Å². The number of rotatable bonds is 7. The average Bonchev–Trinajstić information content (AvgIpc) is 3.96. The maximum atomic E-state index is 6.69. The molecule has 324 valence electrons. The Bertz CT molecular complexity index is 3610. The molecule has 13 rings (SSSR count). The van der Waals surface area contributed by atoms with E-state index in [1.807, 2.05) is 0 Å². The van der Waals surface area contributed by atoms with Gasteiger partial charge < -0.3 is 9.32 Å². The molecule has 1 aromatic heterocycles. The Labute approximate surface area is 398 Å². The van der Waals surface area contributed by atoms with Gasteiger partial charge in [-0.3, -0.25) is 0 Å². The summed E-state index contributed by atoms with van der Waals surface area (Å²) >= 11 is 0. The number of anilines is 3. The molecular formula is C66H49NO. The second-order valence-electron chi connectivity index (χ2n) is 19.6. The topological polar surface area (TPSA) is 16.4 Å². The van der Waals surface area contributed by atoms with E-state index in [1.165, 1.54) is 77.9 Å². The van der Waals surface area contributed by atoms with Gasteiger partial charge in [-0.25, -0.2) is 0 Å². The molecule has 2 aliphatic rings. The van der Waals surface area contributed by atoms with E-state index in [4.69, 9.17) is 4.42 Å². The van der Waals surface area contributed by atoms with Crippen LogP contribution in [0.3, 0.4) is 0 Å². The first-order valence-corrected chi connectivity index (χ1v) is 23.8. The van der Waals surface area contributed by atoms with Crippen LogP contribution in [0.1, 0.15) is 49.9 Å². The Hall–Kier alpha value is -8.20. The van der Waals surface area contributed by atoms with Gasteiger partial charge in [0, 0.05) is 44.2 Å². The van der Waals surface area contributed by atoms with Crippen LogP contribution in [0, 0.1) is 0 Å². The number of furan rings is 1. The Morgan fingerprint density at radius 1 is 0.309 bits per heavy atom. The zero-order valence-corrected chi connectivity index (χ0v) is 38.7. The maximum absolute atomic E-state index is 6.69. The summed E-state index contributed by atoms with van der Waals surface area (Å²) in [5.74, 6) is 0. The van der Waals surface area contributed by atoms with Gasteiger partial charge in [-0.2, -0.15) is 0 Å². The Kier molecular flexibility index (Phi) is 8.95. The molecule has 2 aliphatic carbocycles. The van der Waals surface area contributed by atoms with Crippen molar-refractivity contribution in [3.05, 3.63) is 247 Å². The number of para-hydroxylation sites is 1. The average molecular weight is 872 g/mol. The second-order valence-corrected chi connectivity index (χ2v) is 19.6. The number of hydrogen-bond donors (Lipinski definition) is 0. The summed E-state index contributed by atoms with van der Waals surface area (Å²) < 4.78 is 6.69. The molecule has 0 saturated carbocycles. The van der Waals surface area contributed by atoms with Gasteiger partial charge in [0.1, 0.15) is 11.2 Å². The van der Waals surface area contributed by atoms with E-state index in [0.717, 1.165) is 50.1 Å². The van der Waals surface area contributed by atoms with Gasteiger partial charge in [-0.15, -0.1) is 0 Å². The monoisotopic (exact) mass is 871 g/mol. The third-order valence-electron chi connectivity index (χ3n) is 15.1. The van der Waals surface area contributed by atoms with Crippen molar-refractivity contribution in [3.8, 4) is 66.8 Å². The Morgan fingerprint density at radius 2 is 0.765 bits per heavy atom. The number of benzene rings is 10. The molecule has 0 amide bonds. The van der Waals surface area contributed by atoms with E-state index in [-0.39, 0.29) is 10.8 Å². The van der Waals surface area contributed by atoms with E-state index in [9.17, 15) is 0 Å². The molecule has 10 aromatic carbocycles. The van der Waals surface area contributed by atoms with Crippen molar-refractivity contribution < 1.29 is 4.42 Å². The molecule has 0 saturated heterocycles. The zero-order valence-electron chi connectivity index (χ0n) is 38.7. The smallest absolute Gasteiger partial charge is 0.143 e. The minimum absolute atomic E-state index is 0.205. The van der Waals surface area contributed by atoms with E-state index in [1.54, 1.807) is 0 Å². The molecule has 0 atom stereocenters. The predicted molar refractivity (Wildman–Crippen MR) is 285 cm³/mol. The van der Waals surface area contributed by atoms with E-state index in [2.05, 4.69) is 257 Å². The summed E-state index contributed by atoms with van der Waals surface area (Å²) in [4.78, 5) is 2.46. The van der Waals surface area contributed by atoms with Crippen molar-refractivity contribution in [3.63, 3.8) is 0 Å². The van der Waals surface area contributed by atoms with Gasteiger partial charge in [-0.1, -0.05) is 204 Å². The van der Waals surface area contributed by atoms with Gasteiger partial charge in [0.2, 0.25) is 0 Å². The molecule has 0 fully saturated rings. The largest absolute Gasteiger partial charge is 0.455 e. The molecule has 0 unspecified atom stereocenters. The maximum Gasteiger partial charge on any atom is 0.143 e. The first-order valence-electron chi connectivity index (χ1n) is 23.8. The van der Waals surface area contributed by atoms with E-state index >= 15 is 0 Å². The Balaban J connectivity index is 0.957. The fraction of sp³-hybridized carbons (Fsp3) is 0.0909. The predicted octanol–water partition coefficient (Wildman–Crippen LogP) is 18.3. The summed E-state index contributed by atoms with van der Waals surface area (Å²) in [5.41, 5.74) is 25.0. The number of nitrogens with zero attached hydrogens (tertiary/aromatic N) is 1. The summed E-state index contributed by atoms with van der Waals surface area (Å²) in [6.07, 6.45) is 0. The highest BCUT2D eigenvalue weighted by Crippen LogP contribution is 2.56. The summed E-state index contributed by atoms with van der Waals surface area (Å²) in [6.45, 7) is 9.54. The molecule has 2 heteroatoms. The highest BCUT2D eigenvalue weighted by molar-refractivity contribution is 6.10. The van der Waals surface area contributed by atoms with Gasteiger partial charge in [0.05, 0.1) is 0 Å². The molecule has 0 spiro atoms. The molecule has 0 aliphatic heterocycles.